The molecule has 0 heterocycles. The molecule has 0 nitrogen and oxygen atoms in total. The maximum absolute atomic E-state index is 2.38. The van der Waals surface area contributed by atoms with E-state index in [0.29, 0.717) is 0 Å². The Balaban J connectivity index is 1.20. The van der Waals surface area contributed by atoms with Crippen LogP contribution < -0.4 is 0 Å². The van der Waals surface area contributed by atoms with Gasteiger partial charge in [0.2, 0.25) is 0 Å². The predicted octanol–water partition coefficient (Wildman–Crippen LogP) is 12.4. The first-order valence-corrected chi connectivity index (χ1v) is 15.5. The molecule has 0 fully saturated rings. The zero-order chi connectivity index (χ0) is 29.5. The summed E-state index contributed by atoms with van der Waals surface area (Å²) in [6.07, 6.45) is 5.53. The average molecular weight is 561 g/mol. The first kappa shape index (κ1) is 26.2. The van der Waals surface area contributed by atoms with E-state index in [1.54, 1.807) is 0 Å². The van der Waals surface area contributed by atoms with Crippen molar-refractivity contribution in [3.8, 4) is 22.3 Å². The van der Waals surface area contributed by atoms with E-state index in [9.17, 15) is 0 Å². The Hall–Kier alpha value is -5.46. The van der Waals surface area contributed by atoms with Gasteiger partial charge in [-0.2, -0.15) is 0 Å². The second kappa shape index (κ2) is 11.0. The van der Waals surface area contributed by atoms with Gasteiger partial charge in [0, 0.05) is 0 Å². The molecule has 8 rings (SSSR count). The highest BCUT2D eigenvalue weighted by Gasteiger charge is 2.12. The smallest absolute Gasteiger partial charge is 0.00266 e. The predicted molar refractivity (Wildman–Crippen MR) is 192 cm³/mol. The zero-order valence-electron chi connectivity index (χ0n) is 24.8. The fourth-order valence-electron chi connectivity index (χ4n) is 6.82. The van der Waals surface area contributed by atoms with E-state index >= 15 is 0 Å². The minimum atomic E-state index is 0.989. The maximum Gasteiger partial charge on any atom is -0.00266 e. The van der Waals surface area contributed by atoms with Gasteiger partial charge in [0.25, 0.3) is 0 Å². The molecule has 0 spiro atoms. The third kappa shape index (κ3) is 4.57. The van der Waals surface area contributed by atoms with Crippen molar-refractivity contribution in [2.24, 2.45) is 0 Å². The Morgan fingerprint density at radius 2 is 0.841 bits per heavy atom. The van der Waals surface area contributed by atoms with Gasteiger partial charge in [0.15, 0.2) is 0 Å². The summed E-state index contributed by atoms with van der Waals surface area (Å²) in [6.45, 7) is 2.24. The van der Waals surface area contributed by atoms with Crippen molar-refractivity contribution < 1.29 is 0 Å². The Labute approximate surface area is 258 Å². The molecule has 0 aliphatic heterocycles. The third-order valence-electron chi connectivity index (χ3n) is 9.01. The van der Waals surface area contributed by atoms with Crippen molar-refractivity contribution in [1.29, 1.82) is 0 Å². The van der Waals surface area contributed by atoms with Crippen molar-refractivity contribution in [1.82, 2.24) is 0 Å². The van der Waals surface area contributed by atoms with Crippen molar-refractivity contribution >= 4 is 55.2 Å². The van der Waals surface area contributed by atoms with Gasteiger partial charge in [-0.15, -0.1) is 0 Å². The fraction of sp³-hybridized carbons (Fsp3) is 0.0455. The topological polar surface area (TPSA) is 0 Å². The van der Waals surface area contributed by atoms with E-state index in [1.165, 1.54) is 82.0 Å². The fourth-order valence-corrected chi connectivity index (χ4v) is 6.82. The van der Waals surface area contributed by atoms with Crippen LogP contribution >= 0.6 is 0 Å². The largest absolute Gasteiger partial charge is 0.0616 e. The van der Waals surface area contributed by atoms with Crippen LogP contribution in [0.25, 0.3) is 77.5 Å². The van der Waals surface area contributed by atoms with Crippen molar-refractivity contribution in [2.75, 3.05) is 0 Å². The lowest BCUT2D eigenvalue weighted by atomic mass is 9.90. The molecule has 0 bridgehead atoms. The van der Waals surface area contributed by atoms with Crippen LogP contribution in [0.1, 0.15) is 23.6 Å². The molecule has 0 unspecified atom stereocenters. The van der Waals surface area contributed by atoms with Gasteiger partial charge in [0.05, 0.1) is 0 Å². The van der Waals surface area contributed by atoms with Crippen LogP contribution in [0.4, 0.5) is 0 Å². The molecule has 0 aliphatic carbocycles. The molecule has 8 aromatic carbocycles. The SMILES string of the molecule is CCc1ccc(-c2c3ccccc3cc3ccccc23)cc1/C=C/c1ccc(-c2c3ccccc3cc3ccccc23)cc1. The number of hydrogen-bond acceptors (Lipinski definition) is 0. The van der Waals surface area contributed by atoms with Crippen molar-refractivity contribution in [3.63, 3.8) is 0 Å². The van der Waals surface area contributed by atoms with Crippen LogP contribution in [0.15, 0.2) is 152 Å². The summed E-state index contributed by atoms with van der Waals surface area (Å²) < 4.78 is 0. The molecule has 208 valence electrons. The van der Waals surface area contributed by atoms with E-state index in [4.69, 9.17) is 0 Å². The van der Waals surface area contributed by atoms with E-state index in [1.807, 2.05) is 0 Å². The molecule has 8 aromatic rings. The molecule has 0 atom stereocenters. The number of rotatable bonds is 5. The molecule has 44 heavy (non-hydrogen) atoms. The van der Waals surface area contributed by atoms with Crippen LogP contribution in [0.3, 0.4) is 0 Å². The summed E-state index contributed by atoms with van der Waals surface area (Å²) in [4.78, 5) is 0. The van der Waals surface area contributed by atoms with Gasteiger partial charge in [0.1, 0.15) is 0 Å². The van der Waals surface area contributed by atoms with Crippen LogP contribution in [0.2, 0.25) is 0 Å². The molecular weight excluding hydrogens is 528 g/mol. The lowest BCUT2D eigenvalue weighted by Crippen LogP contribution is -1.90. The van der Waals surface area contributed by atoms with Crippen LogP contribution in [-0.2, 0) is 6.42 Å². The number of fused-ring (bicyclic) bond motifs is 4. The number of benzene rings is 8. The average Bonchev–Trinajstić information content (AvgIpc) is 3.08. The van der Waals surface area contributed by atoms with E-state index in [0.717, 1.165) is 6.42 Å². The molecule has 0 N–H and O–H groups in total. The molecular formula is C44H32. The lowest BCUT2D eigenvalue weighted by molar-refractivity contribution is 1.13. The quantitative estimate of drug-likeness (QED) is 0.145. The Bertz CT molecular complexity index is 2240. The lowest BCUT2D eigenvalue weighted by Gasteiger charge is -2.14. The monoisotopic (exact) mass is 560 g/mol. The summed E-state index contributed by atoms with van der Waals surface area (Å²) in [5.41, 5.74) is 8.93. The molecule has 0 aliphatic rings. The highest BCUT2D eigenvalue weighted by Crippen LogP contribution is 2.38. The second-order valence-corrected chi connectivity index (χ2v) is 11.6. The Kier molecular flexibility index (Phi) is 6.54. The first-order chi connectivity index (χ1) is 21.8. The molecule has 0 amide bonds. The number of aryl methyl sites for hydroxylation is 1. The van der Waals surface area contributed by atoms with E-state index < -0.39 is 0 Å². The van der Waals surface area contributed by atoms with Crippen LogP contribution in [-0.4, -0.2) is 0 Å². The first-order valence-electron chi connectivity index (χ1n) is 15.5. The normalized spacial score (nSPS) is 11.8. The summed E-state index contributed by atoms with van der Waals surface area (Å²) >= 11 is 0. The highest BCUT2D eigenvalue weighted by atomic mass is 14.2. The van der Waals surface area contributed by atoms with Crippen molar-refractivity contribution in [3.05, 3.63) is 168 Å². The zero-order valence-corrected chi connectivity index (χ0v) is 24.8. The minimum Gasteiger partial charge on any atom is -0.0616 e. The maximum atomic E-state index is 2.38. The molecule has 0 saturated heterocycles. The van der Waals surface area contributed by atoms with Crippen LogP contribution in [0, 0.1) is 0 Å². The summed E-state index contributed by atoms with van der Waals surface area (Å²) in [6, 6.07) is 55.5. The van der Waals surface area contributed by atoms with Gasteiger partial charge < -0.3 is 0 Å². The van der Waals surface area contributed by atoms with Gasteiger partial charge in [-0.1, -0.05) is 153 Å². The molecule has 0 radical (unpaired) electrons. The van der Waals surface area contributed by atoms with Gasteiger partial charge in [-0.05, 0) is 107 Å². The minimum absolute atomic E-state index is 0.989. The Morgan fingerprint density at radius 1 is 0.409 bits per heavy atom. The third-order valence-corrected chi connectivity index (χ3v) is 9.01. The van der Waals surface area contributed by atoms with Gasteiger partial charge in [-0.3, -0.25) is 0 Å². The molecule has 0 heteroatoms. The van der Waals surface area contributed by atoms with E-state index in [2.05, 4.69) is 171 Å². The summed E-state index contributed by atoms with van der Waals surface area (Å²) in [7, 11) is 0. The summed E-state index contributed by atoms with van der Waals surface area (Å²) in [5.74, 6) is 0. The number of hydrogen-bond donors (Lipinski definition) is 0. The standard InChI is InChI=1S/C44H32/c1-2-31-25-26-38(44-41-17-9-5-13-36(41)29-37-14-6-10-18-42(37)44)27-33(31)24-21-30-19-22-32(23-20-30)43-39-15-7-3-11-34(39)28-35-12-4-8-16-40(35)43/h3-29H,2H2,1H3/b24-21+. The van der Waals surface area contributed by atoms with Crippen LogP contribution in [0.5, 0.6) is 0 Å². The molecule has 0 saturated carbocycles. The van der Waals surface area contributed by atoms with Gasteiger partial charge in [-0.25, -0.2) is 0 Å². The van der Waals surface area contributed by atoms with Crippen molar-refractivity contribution in [2.45, 2.75) is 13.3 Å². The summed E-state index contributed by atoms with van der Waals surface area (Å²) in [5, 5.41) is 10.3. The van der Waals surface area contributed by atoms with E-state index in [-0.39, 0.29) is 0 Å². The highest BCUT2D eigenvalue weighted by molar-refractivity contribution is 6.14. The Morgan fingerprint density at radius 3 is 1.32 bits per heavy atom. The van der Waals surface area contributed by atoms with Gasteiger partial charge >= 0.3 is 0 Å². The second-order valence-electron chi connectivity index (χ2n) is 11.6. The molecule has 0 aromatic heterocycles.